The third-order valence-electron chi connectivity index (χ3n) is 2.67. The quantitative estimate of drug-likeness (QED) is 0.861. The van der Waals surface area contributed by atoms with Gasteiger partial charge >= 0.3 is 0 Å². The lowest BCUT2D eigenvalue weighted by molar-refractivity contribution is 0.407. The van der Waals surface area contributed by atoms with Crippen molar-refractivity contribution in [1.82, 2.24) is 19.5 Å². The zero-order chi connectivity index (χ0) is 13.0. The average molecular weight is 247 g/mol. The van der Waals surface area contributed by atoms with Crippen molar-refractivity contribution < 1.29 is 4.74 Å². The summed E-state index contributed by atoms with van der Waals surface area (Å²) >= 11 is 0. The molecule has 1 N–H and O–H groups in total. The summed E-state index contributed by atoms with van der Waals surface area (Å²) in [5, 5.41) is 3.16. The standard InChI is InChI=1S/C12H17N5O/c1-4-13-12-11(18-3)9(15-8-16-12)7-10-14-5-6-17(10)2/h5-6,8H,4,7H2,1-3H3,(H,13,15,16). The molecule has 2 rings (SSSR count). The predicted octanol–water partition coefficient (Wildman–Crippen LogP) is 1.24. The molecular weight excluding hydrogens is 230 g/mol. The van der Waals surface area contributed by atoms with Gasteiger partial charge in [-0.05, 0) is 6.92 Å². The van der Waals surface area contributed by atoms with Crippen LogP contribution in [0.2, 0.25) is 0 Å². The molecule has 0 amide bonds. The summed E-state index contributed by atoms with van der Waals surface area (Å²) < 4.78 is 7.36. The van der Waals surface area contributed by atoms with Crippen LogP contribution < -0.4 is 10.1 Å². The predicted molar refractivity (Wildman–Crippen MR) is 68.8 cm³/mol. The van der Waals surface area contributed by atoms with Crippen LogP contribution in [0.15, 0.2) is 18.7 Å². The highest BCUT2D eigenvalue weighted by molar-refractivity contribution is 5.52. The van der Waals surface area contributed by atoms with Crippen molar-refractivity contribution >= 4 is 5.82 Å². The van der Waals surface area contributed by atoms with Crippen molar-refractivity contribution in [3.05, 3.63) is 30.2 Å². The molecule has 0 bridgehead atoms. The summed E-state index contributed by atoms with van der Waals surface area (Å²) in [4.78, 5) is 12.7. The summed E-state index contributed by atoms with van der Waals surface area (Å²) in [6, 6.07) is 0. The molecule has 0 aromatic carbocycles. The van der Waals surface area contributed by atoms with E-state index in [2.05, 4.69) is 20.3 Å². The largest absolute Gasteiger partial charge is 0.491 e. The molecule has 0 aliphatic rings. The van der Waals surface area contributed by atoms with Crippen LogP contribution in [-0.2, 0) is 13.5 Å². The number of ether oxygens (including phenoxy) is 1. The second-order valence-electron chi connectivity index (χ2n) is 3.86. The van der Waals surface area contributed by atoms with E-state index >= 15 is 0 Å². The summed E-state index contributed by atoms with van der Waals surface area (Å²) in [6.45, 7) is 2.80. The maximum atomic E-state index is 5.39. The number of imidazole rings is 1. The van der Waals surface area contributed by atoms with Crippen LogP contribution in [0.1, 0.15) is 18.4 Å². The molecule has 96 valence electrons. The van der Waals surface area contributed by atoms with E-state index in [0.29, 0.717) is 12.2 Å². The summed E-state index contributed by atoms with van der Waals surface area (Å²) in [5.74, 6) is 2.34. The van der Waals surface area contributed by atoms with Crippen LogP contribution in [0, 0.1) is 0 Å². The van der Waals surface area contributed by atoms with E-state index in [1.54, 1.807) is 19.6 Å². The van der Waals surface area contributed by atoms with E-state index in [1.807, 2.05) is 24.7 Å². The first-order valence-electron chi connectivity index (χ1n) is 5.84. The number of rotatable bonds is 5. The van der Waals surface area contributed by atoms with Crippen molar-refractivity contribution in [2.75, 3.05) is 19.0 Å². The Morgan fingerprint density at radius 3 is 2.78 bits per heavy atom. The van der Waals surface area contributed by atoms with Gasteiger partial charge in [-0.1, -0.05) is 0 Å². The van der Waals surface area contributed by atoms with Gasteiger partial charge < -0.3 is 14.6 Å². The Hall–Kier alpha value is -2.11. The maximum absolute atomic E-state index is 5.39. The van der Waals surface area contributed by atoms with E-state index in [1.165, 1.54) is 0 Å². The normalized spacial score (nSPS) is 10.4. The number of aromatic nitrogens is 4. The summed E-state index contributed by atoms with van der Waals surface area (Å²) in [7, 11) is 3.59. The van der Waals surface area contributed by atoms with Crippen LogP contribution in [-0.4, -0.2) is 33.2 Å². The van der Waals surface area contributed by atoms with Crippen molar-refractivity contribution in [1.29, 1.82) is 0 Å². The van der Waals surface area contributed by atoms with E-state index in [4.69, 9.17) is 4.74 Å². The number of nitrogens with one attached hydrogen (secondary N) is 1. The lowest BCUT2D eigenvalue weighted by Gasteiger charge is -2.12. The van der Waals surface area contributed by atoms with Crippen LogP contribution >= 0.6 is 0 Å². The lowest BCUT2D eigenvalue weighted by atomic mass is 10.2. The smallest absolute Gasteiger partial charge is 0.183 e. The highest BCUT2D eigenvalue weighted by Gasteiger charge is 2.13. The molecule has 6 heteroatoms. The average Bonchev–Trinajstić information content (AvgIpc) is 2.76. The lowest BCUT2D eigenvalue weighted by Crippen LogP contribution is -2.08. The minimum absolute atomic E-state index is 0.619. The SMILES string of the molecule is CCNc1ncnc(Cc2nccn2C)c1OC. The van der Waals surface area contributed by atoms with Crippen molar-refractivity contribution in [2.24, 2.45) is 7.05 Å². The van der Waals surface area contributed by atoms with E-state index in [-0.39, 0.29) is 0 Å². The van der Waals surface area contributed by atoms with E-state index in [9.17, 15) is 0 Å². The van der Waals surface area contributed by atoms with Gasteiger partial charge in [0.2, 0.25) is 0 Å². The molecule has 2 aromatic rings. The molecule has 0 saturated carbocycles. The van der Waals surface area contributed by atoms with Crippen molar-refractivity contribution in [3.8, 4) is 5.75 Å². The van der Waals surface area contributed by atoms with E-state index < -0.39 is 0 Å². The molecule has 0 radical (unpaired) electrons. The number of hydrogen-bond donors (Lipinski definition) is 1. The molecule has 6 nitrogen and oxygen atoms in total. The molecule has 0 atom stereocenters. The fourth-order valence-corrected chi connectivity index (χ4v) is 1.76. The Labute approximate surface area is 106 Å². The van der Waals surface area contributed by atoms with Gasteiger partial charge in [0.1, 0.15) is 12.2 Å². The van der Waals surface area contributed by atoms with Gasteiger partial charge in [0.25, 0.3) is 0 Å². The van der Waals surface area contributed by atoms with Crippen LogP contribution in [0.5, 0.6) is 5.75 Å². The molecule has 0 aliphatic carbocycles. The minimum atomic E-state index is 0.619. The van der Waals surface area contributed by atoms with Crippen molar-refractivity contribution in [3.63, 3.8) is 0 Å². The second kappa shape index (κ2) is 5.48. The van der Waals surface area contributed by atoms with Crippen LogP contribution in [0.3, 0.4) is 0 Å². The Bertz CT molecular complexity index is 523. The van der Waals surface area contributed by atoms with Crippen LogP contribution in [0.25, 0.3) is 0 Å². The van der Waals surface area contributed by atoms with Gasteiger partial charge in [-0.15, -0.1) is 0 Å². The zero-order valence-electron chi connectivity index (χ0n) is 10.8. The third kappa shape index (κ3) is 2.42. The second-order valence-corrected chi connectivity index (χ2v) is 3.86. The van der Waals surface area contributed by atoms with E-state index in [0.717, 1.165) is 23.9 Å². The minimum Gasteiger partial charge on any atom is -0.491 e. The summed E-state index contributed by atoms with van der Waals surface area (Å²) in [5.41, 5.74) is 0.831. The number of hydrogen-bond acceptors (Lipinski definition) is 5. The number of aryl methyl sites for hydroxylation is 1. The van der Waals surface area contributed by atoms with Gasteiger partial charge in [-0.25, -0.2) is 15.0 Å². The first-order valence-corrected chi connectivity index (χ1v) is 5.84. The van der Waals surface area contributed by atoms with Gasteiger partial charge in [-0.3, -0.25) is 0 Å². The summed E-state index contributed by atoms with van der Waals surface area (Å²) in [6.07, 6.45) is 5.84. The van der Waals surface area contributed by atoms with Crippen LogP contribution in [0.4, 0.5) is 5.82 Å². The number of anilines is 1. The Morgan fingerprint density at radius 2 is 2.17 bits per heavy atom. The fraction of sp³-hybridized carbons (Fsp3) is 0.417. The van der Waals surface area contributed by atoms with Gasteiger partial charge in [0.15, 0.2) is 11.6 Å². The van der Waals surface area contributed by atoms with Gasteiger partial charge in [0, 0.05) is 26.0 Å². The molecule has 0 fully saturated rings. The molecule has 18 heavy (non-hydrogen) atoms. The number of nitrogens with zero attached hydrogens (tertiary/aromatic N) is 4. The third-order valence-corrected chi connectivity index (χ3v) is 2.67. The van der Waals surface area contributed by atoms with Gasteiger partial charge in [0.05, 0.1) is 19.2 Å². The van der Waals surface area contributed by atoms with Gasteiger partial charge in [-0.2, -0.15) is 0 Å². The Morgan fingerprint density at radius 1 is 1.33 bits per heavy atom. The first kappa shape index (κ1) is 12.3. The Kier molecular flexibility index (Phi) is 3.76. The molecule has 2 aromatic heterocycles. The highest BCUT2D eigenvalue weighted by atomic mass is 16.5. The topological polar surface area (TPSA) is 64.9 Å². The molecule has 0 aliphatic heterocycles. The number of methoxy groups -OCH3 is 1. The fourth-order valence-electron chi connectivity index (χ4n) is 1.76. The molecule has 0 saturated heterocycles. The highest BCUT2D eigenvalue weighted by Crippen LogP contribution is 2.25. The monoisotopic (exact) mass is 247 g/mol. The zero-order valence-corrected chi connectivity index (χ0v) is 10.8. The molecule has 2 heterocycles. The first-order chi connectivity index (χ1) is 8.76. The maximum Gasteiger partial charge on any atom is 0.183 e. The molecular formula is C12H17N5O. The molecule has 0 unspecified atom stereocenters. The Balaban J connectivity index is 2.32. The van der Waals surface area contributed by atoms with Crippen molar-refractivity contribution in [2.45, 2.75) is 13.3 Å². The molecule has 0 spiro atoms.